The second-order valence-electron chi connectivity index (χ2n) is 3.54. The summed E-state index contributed by atoms with van der Waals surface area (Å²) in [6.07, 6.45) is 2.71. The van der Waals surface area contributed by atoms with Crippen molar-refractivity contribution in [2.24, 2.45) is 0 Å². The van der Waals surface area contributed by atoms with Crippen LogP contribution in [-0.4, -0.2) is 17.9 Å². The Kier molecular flexibility index (Phi) is 3.07. The molecule has 1 aromatic rings. The third-order valence-electron chi connectivity index (χ3n) is 2.58. The van der Waals surface area contributed by atoms with Crippen molar-refractivity contribution < 1.29 is 4.79 Å². The van der Waals surface area contributed by atoms with Crippen molar-refractivity contribution in [3.8, 4) is 0 Å². The van der Waals surface area contributed by atoms with E-state index in [2.05, 4.69) is 0 Å². The molecule has 0 spiro atoms. The predicted molar refractivity (Wildman–Crippen MR) is 61.2 cm³/mol. The van der Waals surface area contributed by atoms with Gasteiger partial charge in [0.25, 0.3) is 0 Å². The summed E-state index contributed by atoms with van der Waals surface area (Å²) in [6, 6.07) is 9.97. The standard InChI is InChI=1S/C12H12ClNO/c13-12-11(7-4-8-14(12)9-15)10-5-2-1-3-6-10/h1-3,5-6,9H,4,7-8H2. The van der Waals surface area contributed by atoms with Crippen molar-refractivity contribution in [2.75, 3.05) is 6.54 Å². The third kappa shape index (κ3) is 2.05. The topological polar surface area (TPSA) is 20.3 Å². The Morgan fingerprint density at radius 3 is 2.67 bits per heavy atom. The van der Waals surface area contributed by atoms with Crippen molar-refractivity contribution in [3.05, 3.63) is 41.1 Å². The van der Waals surface area contributed by atoms with Gasteiger partial charge in [-0.1, -0.05) is 41.9 Å². The lowest BCUT2D eigenvalue weighted by Crippen LogP contribution is -2.24. The molecule has 0 fully saturated rings. The largest absolute Gasteiger partial charge is 0.305 e. The first-order valence-corrected chi connectivity index (χ1v) is 5.36. The second-order valence-corrected chi connectivity index (χ2v) is 3.90. The van der Waals surface area contributed by atoms with Gasteiger partial charge in [0.15, 0.2) is 0 Å². The molecule has 0 unspecified atom stereocenters. The first kappa shape index (κ1) is 10.2. The SMILES string of the molecule is O=CN1CCCC(c2ccccc2)=C1Cl. The van der Waals surface area contributed by atoms with Crippen molar-refractivity contribution in [1.82, 2.24) is 4.90 Å². The Bertz CT molecular complexity index is 386. The van der Waals surface area contributed by atoms with Crippen LogP contribution in [-0.2, 0) is 4.79 Å². The van der Waals surface area contributed by atoms with E-state index < -0.39 is 0 Å². The maximum atomic E-state index is 10.8. The molecule has 1 aromatic carbocycles. The number of amides is 1. The van der Waals surface area contributed by atoms with Gasteiger partial charge in [-0.2, -0.15) is 0 Å². The molecular formula is C12H12ClNO. The molecule has 2 nitrogen and oxygen atoms in total. The molecule has 0 aliphatic carbocycles. The van der Waals surface area contributed by atoms with Gasteiger partial charge >= 0.3 is 0 Å². The molecule has 78 valence electrons. The fourth-order valence-electron chi connectivity index (χ4n) is 1.80. The van der Waals surface area contributed by atoms with Crippen molar-refractivity contribution in [2.45, 2.75) is 12.8 Å². The van der Waals surface area contributed by atoms with Crippen LogP contribution in [0.25, 0.3) is 5.57 Å². The molecule has 0 aromatic heterocycles. The van der Waals surface area contributed by atoms with Crippen LogP contribution in [0.15, 0.2) is 35.5 Å². The summed E-state index contributed by atoms with van der Waals surface area (Å²) >= 11 is 6.16. The monoisotopic (exact) mass is 221 g/mol. The van der Waals surface area contributed by atoms with Gasteiger partial charge in [0.05, 0.1) is 0 Å². The van der Waals surface area contributed by atoms with Crippen LogP contribution < -0.4 is 0 Å². The van der Waals surface area contributed by atoms with E-state index in [0.717, 1.165) is 36.9 Å². The fraction of sp³-hybridized carbons (Fsp3) is 0.250. The first-order valence-electron chi connectivity index (χ1n) is 4.99. The molecule has 1 aliphatic heterocycles. The van der Waals surface area contributed by atoms with Gasteiger partial charge in [0, 0.05) is 6.54 Å². The smallest absolute Gasteiger partial charge is 0.214 e. The quantitative estimate of drug-likeness (QED) is 0.556. The average molecular weight is 222 g/mol. The molecular weight excluding hydrogens is 210 g/mol. The van der Waals surface area contributed by atoms with E-state index in [-0.39, 0.29) is 0 Å². The highest BCUT2D eigenvalue weighted by Crippen LogP contribution is 2.31. The number of nitrogens with zero attached hydrogens (tertiary/aromatic N) is 1. The van der Waals surface area contributed by atoms with Gasteiger partial charge in [0.1, 0.15) is 5.16 Å². The molecule has 1 heterocycles. The Morgan fingerprint density at radius 1 is 1.27 bits per heavy atom. The molecule has 0 saturated heterocycles. The van der Waals surface area contributed by atoms with Gasteiger partial charge in [0.2, 0.25) is 6.41 Å². The molecule has 3 heteroatoms. The molecule has 0 saturated carbocycles. The highest BCUT2D eigenvalue weighted by molar-refractivity contribution is 6.33. The van der Waals surface area contributed by atoms with Gasteiger partial charge < -0.3 is 4.90 Å². The van der Waals surface area contributed by atoms with Crippen molar-refractivity contribution in [1.29, 1.82) is 0 Å². The number of hydrogen-bond acceptors (Lipinski definition) is 1. The second kappa shape index (κ2) is 4.49. The number of hydrogen-bond donors (Lipinski definition) is 0. The highest BCUT2D eigenvalue weighted by atomic mass is 35.5. The summed E-state index contributed by atoms with van der Waals surface area (Å²) in [7, 11) is 0. The minimum absolute atomic E-state index is 0.572. The van der Waals surface area contributed by atoms with E-state index in [1.54, 1.807) is 4.90 Å². The molecule has 0 bridgehead atoms. The normalized spacial score (nSPS) is 16.7. The molecule has 15 heavy (non-hydrogen) atoms. The number of carbonyl (C=O) groups excluding carboxylic acids is 1. The Labute approximate surface area is 94.2 Å². The Morgan fingerprint density at radius 2 is 2.00 bits per heavy atom. The fourth-order valence-corrected chi connectivity index (χ4v) is 2.13. The predicted octanol–water partition coefficient (Wildman–Crippen LogP) is 2.85. The van der Waals surface area contributed by atoms with E-state index in [1.807, 2.05) is 30.3 Å². The third-order valence-corrected chi connectivity index (χ3v) is 3.02. The Balaban J connectivity index is 2.39. The van der Waals surface area contributed by atoms with E-state index in [9.17, 15) is 4.79 Å². The summed E-state index contributed by atoms with van der Waals surface area (Å²) < 4.78 is 0. The minimum atomic E-state index is 0.572. The van der Waals surface area contributed by atoms with Crippen LogP contribution in [0.2, 0.25) is 0 Å². The van der Waals surface area contributed by atoms with Crippen LogP contribution in [0, 0.1) is 0 Å². The molecule has 0 atom stereocenters. The van der Waals surface area contributed by atoms with Crippen molar-refractivity contribution in [3.63, 3.8) is 0 Å². The van der Waals surface area contributed by atoms with Crippen LogP contribution in [0.1, 0.15) is 18.4 Å². The lowest BCUT2D eigenvalue weighted by molar-refractivity contribution is -0.116. The van der Waals surface area contributed by atoms with Gasteiger partial charge in [-0.05, 0) is 24.0 Å². The van der Waals surface area contributed by atoms with Gasteiger partial charge in [-0.3, -0.25) is 4.79 Å². The van der Waals surface area contributed by atoms with Crippen LogP contribution in [0.4, 0.5) is 0 Å². The summed E-state index contributed by atoms with van der Waals surface area (Å²) in [4.78, 5) is 12.3. The van der Waals surface area contributed by atoms with Gasteiger partial charge in [-0.15, -0.1) is 0 Å². The summed E-state index contributed by atoms with van der Waals surface area (Å²) in [5, 5.41) is 0.572. The number of benzene rings is 1. The molecule has 1 aliphatic rings. The Hall–Kier alpha value is -1.28. The van der Waals surface area contributed by atoms with Crippen LogP contribution in [0.5, 0.6) is 0 Å². The summed E-state index contributed by atoms with van der Waals surface area (Å²) in [5.41, 5.74) is 2.17. The minimum Gasteiger partial charge on any atom is -0.305 e. The molecule has 2 rings (SSSR count). The lowest BCUT2D eigenvalue weighted by atomic mass is 9.99. The lowest BCUT2D eigenvalue weighted by Gasteiger charge is -2.25. The summed E-state index contributed by atoms with van der Waals surface area (Å²) in [5.74, 6) is 0. The molecule has 0 N–H and O–H groups in total. The zero-order valence-electron chi connectivity index (χ0n) is 8.32. The van der Waals surface area contributed by atoms with E-state index in [0.29, 0.717) is 5.16 Å². The van der Waals surface area contributed by atoms with Crippen LogP contribution in [0.3, 0.4) is 0 Å². The maximum absolute atomic E-state index is 10.8. The molecule has 1 amide bonds. The van der Waals surface area contributed by atoms with E-state index in [4.69, 9.17) is 11.6 Å². The first-order chi connectivity index (χ1) is 7.33. The number of rotatable bonds is 2. The maximum Gasteiger partial charge on any atom is 0.214 e. The number of allylic oxidation sites excluding steroid dienone is 1. The summed E-state index contributed by atoms with van der Waals surface area (Å²) in [6.45, 7) is 0.721. The zero-order chi connectivity index (χ0) is 10.7. The van der Waals surface area contributed by atoms with E-state index >= 15 is 0 Å². The van der Waals surface area contributed by atoms with Crippen molar-refractivity contribution >= 4 is 23.6 Å². The molecule has 0 radical (unpaired) electrons. The zero-order valence-corrected chi connectivity index (χ0v) is 9.07. The van der Waals surface area contributed by atoms with Crippen LogP contribution >= 0.6 is 11.6 Å². The van der Waals surface area contributed by atoms with E-state index in [1.165, 1.54) is 0 Å². The highest BCUT2D eigenvalue weighted by Gasteiger charge is 2.18. The van der Waals surface area contributed by atoms with Gasteiger partial charge in [-0.25, -0.2) is 0 Å². The average Bonchev–Trinajstić information content (AvgIpc) is 2.30. The number of carbonyl (C=O) groups is 1. The number of halogens is 1.